The maximum Gasteiger partial charge on any atom is 0.317 e. The summed E-state index contributed by atoms with van der Waals surface area (Å²) in [6.45, 7) is 7.64. The number of nitrogens with one attached hydrogen (secondary N) is 1. The lowest BCUT2D eigenvalue weighted by Gasteiger charge is -2.42. The van der Waals surface area contributed by atoms with Gasteiger partial charge in [-0.2, -0.15) is 5.26 Å². The number of nitriles is 1. The van der Waals surface area contributed by atoms with Crippen molar-refractivity contribution in [1.82, 2.24) is 15.1 Å². The number of carbonyl (C=O) groups excluding carboxylic acids is 2. The first-order valence-electron chi connectivity index (χ1n) is 10.6. The molecule has 30 heavy (non-hydrogen) atoms. The fraction of sp³-hybridized carbons (Fsp3) is 0.522. The molecule has 2 aliphatic heterocycles. The second-order valence-corrected chi connectivity index (χ2v) is 9.53. The van der Waals surface area contributed by atoms with Gasteiger partial charge in [0, 0.05) is 30.9 Å². The first-order valence-corrected chi connectivity index (χ1v) is 10.6. The molecule has 3 aliphatic rings. The Morgan fingerprint density at radius 3 is 2.37 bits per heavy atom. The number of primary amides is 1. The molecule has 0 aromatic heterocycles. The molecule has 158 valence electrons. The molecule has 3 N–H and O–H groups in total. The molecule has 0 bridgehead atoms. The number of nitrogens with two attached hydrogens (primary N) is 1. The van der Waals surface area contributed by atoms with Gasteiger partial charge in [-0.25, -0.2) is 4.79 Å². The highest BCUT2D eigenvalue weighted by atomic mass is 16.2. The van der Waals surface area contributed by atoms with Gasteiger partial charge in [-0.3, -0.25) is 4.79 Å². The molecule has 7 heteroatoms. The number of piperazine rings is 1. The monoisotopic (exact) mass is 407 g/mol. The van der Waals surface area contributed by atoms with E-state index in [0.717, 1.165) is 24.0 Å². The lowest BCUT2D eigenvalue weighted by molar-refractivity contribution is -0.121. The van der Waals surface area contributed by atoms with Gasteiger partial charge in [-0.1, -0.05) is 12.1 Å². The first-order chi connectivity index (χ1) is 14.2. The van der Waals surface area contributed by atoms with Crippen molar-refractivity contribution >= 4 is 17.5 Å². The predicted octanol–water partition coefficient (Wildman–Crippen LogP) is 2.29. The molecule has 7 nitrogen and oxygen atoms in total. The number of nitrogens with zero attached hydrogens (tertiary/aromatic N) is 3. The van der Waals surface area contributed by atoms with E-state index >= 15 is 0 Å². The van der Waals surface area contributed by atoms with Gasteiger partial charge in [0.05, 0.1) is 23.6 Å². The van der Waals surface area contributed by atoms with E-state index < -0.39 is 5.92 Å². The van der Waals surface area contributed by atoms with E-state index in [4.69, 9.17) is 11.0 Å². The van der Waals surface area contributed by atoms with Gasteiger partial charge in [-0.05, 0) is 62.8 Å². The quantitative estimate of drug-likeness (QED) is 0.802. The second-order valence-electron chi connectivity index (χ2n) is 9.53. The highest BCUT2D eigenvalue weighted by Crippen LogP contribution is 2.51. The lowest BCUT2D eigenvalue weighted by Crippen LogP contribution is -2.59. The van der Waals surface area contributed by atoms with Crippen LogP contribution in [0, 0.1) is 23.2 Å². The molecule has 2 atom stereocenters. The van der Waals surface area contributed by atoms with Crippen LogP contribution < -0.4 is 11.1 Å². The third-order valence-electron chi connectivity index (χ3n) is 6.06. The van der Waals surface area contributed by atoms with Crippen LogP contribution in [0.15, 0.2) is 30.0 Å². The summed E-state index contributed by atoms with van der Waals surface area (Å²) in [7, 11) is 0. The van der Waals surface area contributed by atoms with Crippen LogP contribution >= 0.6 is 0 Å². The van der Waals surface area contributed by atoms with Gasteiger partial charge in [0.2, 0.25) is 5.91 Å². The third-order valence-corrected chi connectivity index (χ3v) is 6.06. The van der Waals surface area contributed by atoms with Crippen LogP contribution in [0.4, 0.5) is 4.79 Å². The second kappa shape index (κ2) is 7.35. The molecular formula is C23H29N5O2. The van der Waals surface area contributed by atoms with Crippen LogP contribution in [-0.2, 0) is 4.79 Å². The van der Waals surface area contributed by atoms with Gasteiger partial charge in [0.1, 0.15) is 0 Å². The normalized spacial score (nSPS) is 23.8. The maximum absolute atomic E-state index is 12.8. The molecule has 1 aromatic rings. The summed E-state index contributed by atoms with van der Waals surface area (Å²) in [5.74, 6) is -0.394. The molecule has 1 aromatic carbocycles. The minimum atomic E-state index is -0.473. The Morgan fingerprint density at radius 1 is 1.17 bits per heavy atom. The van der Waals surface area contributed by atoms with Crippen molar-refractivity contribution in [2.75, 3.05) is 19.6 Å². The Balaban J connectivity index is 1.68. The summed E-state index contributed by atoms with van der Waals surface area (Å²) < 4.78 is 0. The van der Waals surface area contributed by atoms with Crippen LogP contribution in [0.1, 0.15) is 44.7 Å². The van der Waals surface area contributed by atoms with Crippen LogP contribution in [-0.4, -0.2) is 53.0 Å². The van der Waals surface area contributed by atoms with Gasteiger partial charge in [0.15, 0.2) is 0 Å². The van der Waals surface area contributed by atoms with E-state index in [9.17, 15) is 9.59 Å². The van der Waals surface area contributed by atoms with Crippen molar-refractivity contribution in [1.29, 1.82) is 5.26 Å². The van der Waals surface area contributed by atoms with Crippen molar-refractivity contribution in [3.8, 4) is 6.07 Å². The van der Waals surface area contributed by atoms with Crippen molar-refractivity contribution < 1.29 is 9.59 Å². The smallest absolute Gasteiger partial charge is 0.317 e. The summed E-state index contributed by atoms with van der Waals surface area (Å²) in [5.41, 5.74) is 9.33. The zero-order valence-electron chi connectivity index (χ0n) is 17.8. The Kier molecular flexibility index (Phi) is 4.97. The summed E-state index contributed by atoms with van der Waals surface area (Å²) in [6, 6.07) is 9.28. The standard InChI is InChI=1S/C23H29N5O2/c1-23(2,3)26-22(30)27-10-11-28-17(13-27)19(21(25)29)18(20(28)16-8-9-16)15-6-4-14(12-24)5-7-15/h4-7,16-17,19H,8-11,13H2,1-3H3,(H2,25,29)(H,26,30). The molecule has 3 amide bonds. The van der Waals surface area contributed by atoms with E-state index in [2.05, 4.69) is 16.3 Å². The lowest BCUT2D eigenvalue weighted by atomic mass is 9.87. The average molecular weight is 408 g/mol. The van der Waals surface area contributed by atoms with Gasteiger partial charge < -0.3 is 20.9 Å². The fourth-order valence-electron chi connectivity index (χ4n) is 4.68. The highest BCUT2D eigenvalue weighted by Gasteiger charge is 2.50. The summed E-state index contributed by atoms with van der Waals surface area (Å²) in [6.07, 6.45) is 2.22. The zero-order chi connectivity index (χ0) is 21.6. The van der Waals surface area contributed by atoms with Crippen molar-refractivity contribution in [2.45, 2.75) is 45.2 Å². The molecule has 0 radical (unpaired) electrons. The SMILES string of the molecule is CC(C)(C)NC(=O)N1CCN2C(C3CC3)=C(c3ccc(C#N)cc3)C(C(N)=O)C2C1. The number of fused-ring (bicyclic) bond motifs is 1. The van der Waals surface area contributed by atoms with E-state index in [1.54, 1.807) is 17.0 Å². The third kappa shape index (κ3) is 3.74. The minimum absolute atomic E-state index is 0.106. The summed E-state index contributed by atoms with van der Waals surface area (Å²) in [4.78, 5) is 29.5. The maximum atomic E-state index is 12.8. The molecule has 1 saturated heterocycles. The predicted molar refractivity (Wildman–Crippen MR) is 114 cm³/mol. The van der Waals surface area contributed by atoms with Crippen molar-refractivity contribution in [3.63, 3.8) is 0 Å². The van der Waals surface area contributed by atoms with Crippen LogP contribution in [0.2, 0.25) is 0 Å². The molecule has 1 aliphatic carbocycles. The number of rotatable bonds is 3. The van der Waals surface area contributed by atoms with Crippen LogP contribution in [0.3, 0.4) is 0 Å². The number of benzene rings is 1. The van der Waals surface area contributed by atoms with E-state index in [1.807, 2.05) is 32.9 Å². The largest absolute Gasteiger partial charge is 0.369 e. The molecule has 2 heterocycles. The Bertz CT molecular complexity index is 934. The molecular weight excluding hydrogens is 378 g/mol. The van der Waals surface area contributed by atoms with E-state index in [-0.39, 0.29) is 23.5 Å². The molecule has 4 rings (SSSR count). The number of amides is 3. The van der Waals surface area contributed by atoms with Crippen molar-refractivity contribution in [2.24, 2.45) is 17.6 Å². The summed E-state index contributed by atoms with van der Waals surface area (Å²) >= 11 is 0. The van der Waals surface area contributed by atoms with Gasteiger partial charge >= 0.3 is 6.03 Å². The van der Waals surface area contributed by atoms with Gasteiger partial charge in [-0.15, -0.1) is 0 Å². The number of urea groups is 1. The molecule has 0 spiro atoms. The van der Waals surface area contributed by atoms with Crippen molar-refractivity contribution in [3.05, 3.63) is 41.1 Å². The Morgan fingerprint density at radius 2 is 1.83 bits per heavy atom. The number of carbonyl (C=O) groups is 2. The Labute approximate surface area is 177 Å². The fourth-order valence-corrected chi connectivity index (χ4v) is 4.68. The minimum Gasteiger partial charge on any atom is -0.369 e. The Hall–Kier alpha value is -3.01. The topological polar surface area (TPSA) is 102 Å². The first kappa shape index (κ1) is 20.3. The van der Waals surface area contributed by atoms with Gasteiger partial charge in [0.25, 0.3) is 0 Å². The summed E-state index contributed by atoms with van der Waals surface area (Å²) in [5, 5.41) is 12.1. The van der Waals surface area contributed by atoms with E-state index in [0.29, 0.717) is 31.1 Å². The number of hydrogen-bond donors (Lipinski definition) is 2. The number of allylic oxidation sites excluding steroid dienone is 1. The number of hydrogen-bond acceptors (Lipinski definition) is 4. The van der Waals surface area contributed by atoms with Crippen LogP contribution in [0.5, 0.6) is 0 Å². The highest BCUT2D eigenvalue weighted by molar-refractivity contribution is 5.94. The molecule has 2 fully saturated rings. The average Bonchev–Trinajstić information content (AvgIpc) is 3.46. The molecule has 1 saturated carbocycles. The van der Waals surface area contributed by atoms with E-state index in [1.165, 1.54) is 5.70 Å². The van der Waals surface area contributed by atoms with Crippen LogP contribution in [0.25, 0.3) is 5.57 Å². The zero-order valence-corrected chi connectivity index (χ0v) is 17.8. The molecule has 2 unspecified atom stereocenters.